The minimum absolute atomic E-state index is 0. The molecule has 0 saturated carbocycles. The van der Waals surface area contributed by atoms with Crippen LogP contribution in [0.25, 0.3) is 0 Å². The molecular weight excluding hydrogens is 325 g/mol. The molecule has 5 nitrogen and oxygen atoms in total. The van der Waals surface area contributed by atoms with Crippen LogP contribution in [0.5, 0.6) is 0 Å². The van der Waals surface area contributed by atoms with Gasteiger partial charge in [-0.2, -0.15) is 0 Å². The van der Waals surface area contributed by atoms with E-state index < -0.39 is 0 Å². The van der Waals surface area contributed by atoms with Crippen LogP contribution in [0.15, 0.2) is 24.3 Å². The topological polar surface area (TPSA) is 66.6 Å². The summed E-state index contributed by atoms with van der Waals surface area (Å²) in [5, 5.41) is 0.551. The van der Waals surface area contributed by atoms with Crippen LogP contribution in [0.4, 0.5) is 0 Å². The Labute approximate surface area is 141 Å². The Morgan fingerprint density at radius 3 is 2.50 bits per heavy atom. The van der Waals surface area contributed by atoms with Crippen molar-refractivity contribution >= 4 is 35.8 Å². The molecule has 1 aromatic rings. The fourth-order valence-electron chi connectivity index (χ4n) is 2.46. The van der Waals surface area contributed by atoms with Crippen LogP contribution in [-0.4, -0.2) is 54.3 Å². The number of carbonyl (C=O) groups is 2. The summed E-state index contributed by atoms with van der Waals surface area (Å²) in [5.74, 6) is 0.0279. The van der Waals surface area contributed by atoms with Gasteiger partial charge in [0, 0.05) is 49.7 Å². The summed E-state index contributed by atoms with van der Waals surface area (Å²) < 4.78 is 0. The SMILES string of the molecule is Cl.NCCC(=O)N1CCCN(C(=O)c2cccc(Cl)c2)CC1. The quantitative estimate of drug-likeness (QED) is 0.907. The van der Waals surface area contributed by atoms with Crippen LogP contribution < -0.4 is 5.73 Å². The predicted octanol–water partition coefficient (Wildman–Crippen LogP) is 1.79. The number of hydrogen-bond acceptors (Lipinski definition) is 3. The van der Waals surface area contributed by atoms with E-state index in [9.17, 15) is 9.59 Å². The largest absolute Gasteiger partial charge is 0.341 e. The Hall–Kier alpha value is -1.30. The number of benzene rings is 1. The van der Waals surface area contributed by atoms with Crippen LogP contribution >= 0.6 is 24.0 Å². The van der Waals surface area contributed by atoms with Crippen LogP contribution in [0.1, 0.15) is 23.2 Å². The Morgan fingerprint density at radius 2 is 1.82 bits per heavy atom. The number of amides is 2. The highest BCUT2D eigenvalue weighted by atomic mass is 35.5. The van der Waals surface area contributed by atoms with Crippen molar-refractivity contribution in [1.82, 2.24) is 9.80 Å². The molecule has 0 unspecified atom stereocenters. The third kappa shape index (κ3) is 4.87. The van der Waals surface area contributed by atoms with Gasteiger partial charge < -0.3 is 15.5 Å². The minimum Gasteiger partial charge on any atom is -0.341 e. The molecule has 2 N–H and O–H groups in total. The lowest BCUT2D eigenvalue weighted by molar-refractivity contribution is -0.130. The zero-order chi connectivity index (χ0) is 15.2. The molecule has 122 valence electrons. The van der Waals surface area contributed by atoms with Crippen molar-refractivity contribution in [2.45, 2.75) is 12.8 Å². The van der Waals surface area contributed by atoms with E-state index in [1.54, 1.807) is 34.1 Å². The van der Waals surface area contributed by atoms with E-state index in [2.05, 4.69) is 0 Å². The molecule has 0 aliphatic carbocycles. The fourth-order valence-corrected chi connectivity index (χ4v) is 2.65. The number of carbonyl (C=O) groups excluding carboxylic acids is 2. The first-order chi connectivity index (χ1) is 10.1. The predicted molar refractivity (Wildman–Crippen MR) is 89.5 cm³/mol. The summed E-state index contributed by atoms with van der Waals surface area (Å²) in [6.07, 6.45) is 1.14. The second-order valence-corrected chi connectivity index (χ2v) is 5.51. The molecule has 0 bridgehead atoms. The molecule has 2 rings (SSSR count). The molecular formula is C15H21Cl2N3O2. The highest BCUT2D eigenvalue weighted by Crippen LogP contribution is 2.14. The molecule has 0 atom stereocenters. The molecule has 1 heterocycles. The average Bonchev–Trinajstić information content (AvgIpc) is 2.72. The molecule has 2 amide bonds. The van der Waals surface area contributed by atoms with Crippen molar-refractivity contribution in [3.05, 3.63) is 34.9 Å². The molecule has 0 radical (unpaired) electrons. The summed E-state index contributed by atoms with van der Waals surface area (Å²) in [7, 11) is 0. The number of nitrogens with two attached hydrogens (primary N) is 1. The monoisotopic (exact) mass is 345 g/mol. The summed E-state index contributed by atoms with van der Waals surface area (Å²) in [4.78, 5) is 27.9. The third-order valence-corrected chi connectivity index (χ3v) is 3.80. The van der Waals surface area contributed by atoms with Crippen molar-refractivity contribution in [2.75, 3.05) is 32.7 Å². The second-order valence-electron chi connectivity index (χ2n) is 5.08. The van der Waals surface area contributed by atoms with Crippen molar-refractivity contribution in [3.63, 3.8) is 0 Å². The van der Waals surface area contributed by atoms with Gasteiger partial charge in [0.2, 0.25) is 5.91 Å². The lowest BCUT2D eigenvalue weighted by Crippen LogP contribution is -2.37. The maximum Gasteiger partial charge on any atom is 0.253 e. The van der Waals surface area contributed by atoms with E-state index in [0.717, 1.165) is 6.42 Å². The zero-order valence-corrected chi connectivity index (χ0v) is 13.9. The molecule has 1 fully saturated rings. The smallest absolute Gasteiger partial charge is 0.253 e. The summed E-state index contributed by atoms with van der Waals surface area (Å²) >= 11 is 5.92. The Morgan fingerprint density at radius 1 is 1.14 bits per heavy atom. The van der Waals surface area contributed by atoms with Gasteiger partial charge in [-0.3, -0.25) is 9.59 Å². The first kappa shape index (κ1) is 18.7. The van der Waals surface area contributed by atoms with E-state index in [0.29, 0.717) is 49.7 Å². The second kappa shape index (κ2) is 8.98. The van der Waals surface area contributed by atoms with E-state index in [1.807, 2.05) is 0 Å². The molecule has 1 saturated heterocycles. The van der Waals surface area contributed by atoms with Crippen molar-refractivity contribution in [1.29, 1.82) is 0 Å². The van der Waals surface area contributed by atoms with E-state index in [4.69, 9.17) is 17.3 Å². The first-order valence-corrected chi connectivity index (χ1v) is 7.52. The van der Waals surface area contributed by atoms with Gasteiger partial charge in [-0.05, 0) is 24.6 Å². The number of halogens is 2. The highest BCUT2D eigenvalue weighted by Gasteiger charge is 2.22. The number of hydrogen-bond donors (Lipinski definition) is 1. The van der Waals surface area contributed by atoms with Crippen LogP contribution in [0, 0.1) is 0 Å². The Balaban J connectivity index is 0.00000242. The molecule has 22 heavy (non-hydrogen) atoms. The Bertz CT molecular complexity index is 525. The average molecular weight is 346 g/mol. The standard InChI is InChI=1S/C15H20ClN3O2.ClH/c16-13-4-1-3-12(11-13)15(21)19-8-2-7-18(9-10-19)14(20)5-6-17;/h1,3-4,11H,2,5-10,17H2;1H. The van der Waals surface area contributed by atoms with Gasteiger partial charge >= 0.3 is 0 Å². The highest BCUT2D eigenvalue weighted by molar-refractivity contribution is 6.30. The molecule has 1 aliphatic heterocycles. The maximum absolute atomic E-state index is 12.5. The van der Waals surface area contributed by atoms with Gasteiger partial charge in [-0.1, -0.05) is 17.7 Å². The summed E-state index contributed by atoms with van der Waals surface area (Å²) in [5.41, 5.74) is 6.00. The third-order valence-electron chi connectivity index (χ3n) is 3.57. The fraction of sp³-hybridized carbons (Fsp3) is 0.467. The van der Waals surface area contributed by atoms with Gasteiger partial charge in [-0.25, -0.2) is 0 Å². The van der Waals surface area contributed by atoms with Gasteiger partial charge in [-0.15, -0.1) is 12.4 Å². The minimum atomic E-state index is -0.0365. The molecule has 0 spiro atoms. The summed E-state index contributed by atoms with van der Waals surface area (Å²) in [6.45, 7) is 2.79. The Kier molecular flexibility index (Phi) is 7.65. The molecule has 0 aromatic heterocycles. The first-order valence-electron chi connectivity index (χ1n) is 7.14. The summed E-state index contributed by atoms with van der Waals surface area (Å²) in [6, 6.07) is 6.95. The van der Waals surface area contributed by atoms with E-state index in [-0.39, 0.29) is 24.2 Å². The number of rotatable bonds is 3. The lowest BCUT2D eigenvalue weighted by atomic mass is 10.2. The van der Waals surface area contributed by atoms with Gasteiger partial charge in [0.05, 0.1) is 0 Å². The van der Waals surface area contributed by atoms with E-state index >= 15 is 0 Å². The van der Waals surface area contributed by atoms with Crippen molar-refractivity contribution in [2.24, 2.45) is 5.73 Å². The number of nitrogens with zero attached hydrogens (tertiary/aromatic N) is 2. The van der Waals surface area contributed by atoms with Gasteiger partial charge in [0.1, 0.15) is 0 Å². The van der Waals surface area contributed by atoms with Crippen LogP contribution in [-0.2, 0) is 4.79 Å². The maximum atomic E-state index is 12.5. The lowest BCUT2D eigenvalue weighted by Gasteiger charge is -2.22. The van der Waals surface area contributed by atoms with Gasteiger partial charge in [0.25, 0.3) is 5.91 Å². The van der Waals surface area contributed by atoms with Gasteiger partial charge in [0.15, 0.2) is 0 Å². The van der Waals surface area contributed by atoms with Crippen LogP contribution in [0.2, 0.25) is 5.02 Å². The van der Waals surface area contributed by atoms with Crippen LogP contribution in [0.3, 0.4) is 0 Å². The molecule has 7 heteroatoms. The van der Waals surface area contributed by atoms with Crippen molar-refractivity contribution < 1.29 is 9.59 Å². The normalized spacial score (nSPS) is 15.0. The molecule has 1 aromatic carbocycles. The van der Waals surface area contributed by atoms with Crippen molar-refractivity contribution in [3.8, 4) is 0 Å². The molecule has 1 aliphatic rings. The zero-order valence-electron chi connectivity index (χ0n) is 12.3. The van der Waals surface area contributed by atoms with E-state index in [1.165, 1.54) is 0 Å².